The molecule has 3 rings (SSSR count). The summed E-state index contributed by atoms with van der Waals surface area (Å²) in [5.74, 6) is 0.308. The smallest absolute Gasteiger partial charge is 0.496 e. The zero-order chi connectivity index (χ0) is 19.5. The van der Waals surface area contributed by atoms with E-state index in [-0.39, 0.29) is 5.75 Å². The summed E-state index contributed by atoms with van der Waals surface area (Å²) in [4.78, 5) is 0. The summed E-state index contributed by atoms with van der Waals surface area (Å²) in [6, 6.07) is 16.4. The van der Waals surface area contributed by atoms with Crippen LogP contribution in [0, 0.1) is 0 Å². The number of piperidine rings is 1. The molecule has 1 atom stereocenters. The molecule has 0 radical (unpaired) electrons. The molecule has 0 bridgehead atoms. The van der Waals surface area contributed by atoms with Crippen LogP contribution in [0.25, 0.3) is 0 Å². The highest BCUT2D eigenvalue weighted by molar-refractivity contribution is 5.40. The number of hydrogen-bond donors (Lipinski definition) is 2. The third kappa shape index (κ3) is 8.32. The molecule has 0 aromatic heterocycles. The van der Waals surface area contributed by atoms with Crippen molar-refractivity contribution in [3.8, 4) is 11.5 Å². The average molecular weight is 382 g/mol. The molecule has 2 aromatic carbocycles. The topological polar surface area (TPSA) is 42.5 Å². The Morgan fingerprint density at radius 1 is 1.11 bits per heavy atom. The highest BCUT2D eigenvalue weighted by Gasteiger charge is 2.31. The van der Waals surface area contributed by atoms with Crippen molar-refractivity contribution >= 4 is 0 Å². The Kier molecular flexibility index (Phi) is 8.42. The van der Waals surface area contributed by atoms with E-state index in [1.807, 2.05) is 36.4 Å². The maximum atomic E-state index is 12.3. The van der Waals surface area contributed by atoms with Crippen LogP contribution in [-0.4, -0.2) is 32.6 Å². The first kappa shape index (κ1) is 21.1. The summed E-state index contributed by atoms with van der Waals surface area (Å²) in [6.45, 7) is 2.31. The van der Waals surface area contributed by atoms with E-state index in [1.165, 1.54) is 25.3 Å². The van der Waals surface area contributed by atoms with Gasteiger partial charge in [-0.15, -0.1) is 13.2 Å². The minimum Gasteiger partial charge on any atom is -0.496 e. The second-order valence-electron chi connectivity index (χ2n) is 6.10. The van der Waals surface area contributed by atoms with Crippen LogP contribution in [0.3, 0.4) is 0 Å². The molecule has 27 heavy (non-hydrogen) atoms. The molecule has 2 aromatic rings. The lowest BCUT2D eigenvalue weighted by molar-refractivity contribution is -0.274. The van der Waals surface area contributed by atoms with Crippen molar-refractivity contribution in [1.29, 1.82) is 0 Å². The molecule has 1 heterocycles. The second kappa shape index (κ2) is 10.8. The first-order valence-corrected chi connectivity index (χ1v) is 8.84. The van der Waals surface area contributed by atoms with Gasteiger partial charge < -0.3 is 20.1 Å². The number of benzene rings is 2. The molecule has 0 spiro atoms. The number of alkyl halides is 3. The molecule has 4 nitrogen and oxygen atoms in total. The molecule has 0 unspecified atom stereocenters. The van der Waals surface area contributed by atoms with Gasteiger partial charge in [0.2, 0.25) is 0 Å². The summed E-state index contributed by atoms with van der Waals surface area (Å²) in [5.41, 5.74) is 0.643. The quantitative estimate of drug-likeness (QED) is 0.816. The van der Waals surface area contributed by atoms with Crippen molar-refractivity contribution < 1.29 is 22.6 Å². The van der Waals surface area contributed by atoms with E-state index in [1.54, 1.807) is 0 Å². The average Bonchev–Trinajstić information content (AvgIpc) is 2.68. The molecule has 1 fully saturated rings. The van der Waals surface area contributed by atoms with Gasteiger partial charge in [-0.2, -0.15) is 0 Å². The predicted octanol–water partition coefficient (Wildman–Crippen LogP) is 4.12. The maximum Gasteiger partial charge on any atom is 0.573 e. The molecular formula is C20H25F3N2O2. The fraction of sp³-hybridized carbons (Fsp3) is 0.400. The fourth-order valence-electron chi connectivity index (χ4n) is 2.76. The zero-order valence-corrected chi connectivity index (χ0v) is 15.3. The van der Waals surface area contributed by atoms with E-state index in [0.717, 1.165) is 25.9 Å². The van der Waals surface area contributed by atoms with Crippen molar-refractivity contribution in [1.82, 2.24) is 10.6 Å². The molecule has 1 saturated heterocycles. The van der Waals surface area contributed by atoms with Crippen LogP contribution in [-0.2, 0) is 6.54 Å². The lowest BCUT2D eigenvalue weighted by Gasteiger charge is -2.24. The highest BCUT2D eigenvalue weighted by atomic mass is 19.4. The van der Waals surface area contributed by atoms with Crippen LogP contribution < -0.4 is 20.1 Å². The van der Waals surface area contributed by atoms with E-state index in [9.17, 15) is 13.2 Å². The van der Waals surface area contributed by atoms with Crippen molar-refractivity contribution in [2.45, 2.75) is 31.8 Å². The van der Waals surface area contributed by atoms with Crippen molar-refractivity contribution in [3.63, 3.8) is 0 Å². The van der Waals surface area contributed by atoms with Crippen molar-refractivity contribution in [2.24, 2.45) is 0 Å². The Bertz CT molecular complexity index is 633. The number of methoxy groups -OCH3 is 1. The lowest BCUT2D eigenvalue weighted by Crippen LogP contribution is -2.42. The van der Waals surface area contributed by atoms with Crippen LogP contribution in [0.1, 0.15) is 18.4 Å². The third-order valence-corrected chi connectivity index (χ3v) is 4.03. The van der Waals surface area contributed by atoms with Crippen LogP contribution >= 0.6 is 0 Å². The Morgan fingerprint density at radius 3 is 2.30 bits per heavy atom. The predicted molar refractivity (Wildman–Crippen MR) is 98.9 cm³/mol. The number of halogens is 3. The van der Waals surface area contributed by atoms with Gasteiger partial charge in [-0.25, -0.2) is 0 Å². The molecule has 7 heteroatoms. The molecule has 2 N–H and O–H groups in total. The summed E-state index contributed by atoms with van der Waals surface area (Å²) < 4.78 is 45.9. The van der Waals surface area contributed by atoms with Gasteiger partial charge in [0.05, 0.1) is 7.11 Å². The van der Waals surface area contributed by atoms with E-state index < -0.39 is 6.36 Å². The zero-order valence-electron chi connectivity index (χ0n) is 15.3. The molecule has 0 aliphatic carbocycles. The molecule has 0 amide bonds. The molecule has 1 aliphatic rings. The van der Waals surface area contributed by atoms with Gasteiger partial charge in [0.25, 0.3) is 0 Å². The molecule has 148 valence electrons. The summed E-state index contributed by atoms with van der Waals surface area (Å²) >= 11 is 0. The first-order chi connectivity index (χ1) is 13.0. The molecular weight excluding hydrogens is 357 g/mol. The Morgan fingerprint density at radius 2 is 1.78 bits per heavy atom. The molecule has 0 saturated carbocycles. The SMILES string of the molecule is COc1ccc(OC(F)(F)F)cc1CN[C@H]1CCCNC1.c1ccccc1. The van der Waals surface area contributed by atoms with Gasteiger partial charge in [0.15, 0.2) is 0 Å². The number of ether oxygens (including phenoxy) is 2. The first-order valence-electron chi connectivity index (χ1n) is 8.84. The van der Waals surface area contributed by atoms with E-state index in [0.29, 0.717) is 23.9 Å². The van der Waals surface area contributed by atoms with Gasteiger partial charge >= 0.3 is 6.36 Å². The van der Waals surface area contributed by atoms with Crippen molar-refractivity contribution in [3.05, 3.63) is 60.2 Å². The van der Waals surface area contributed by atoms with Gasteiger partial charge in [-0.3, -0.25) is 0 Å². The Balaban J connectivity index is 0.000000369. The standard InChI is InChI=1S/C14H19F3N2O2.C6H6/c1-20-13-5-4-12(21-14(15,16)17)7-10(13)8-19-11-3-2-6-18-9-11;1-2-4-6-5-3-1/h4-5,7,11,18-19H,2-3,6,8-9H2,1H3;1-6H/t11-;/m0./s1. The third-order valence-electron chi connectivity index (χ3n) is 4.03. The minimum absolute atomic E-state index is 0.234. The van der Waals surface area contributed by atoms with Crippen LogP contribution in [0.5, 0.6) is 11.5 Å². The summed E-state index contributed by atoms with van der Waals surface area (Å²) in [6.07, 6.45) is -2.55. The number of rotatable bonds is 5. The highest BCUT2D eigenvalue weighted by Crippen LogP contribution is 2.28. The van der Waals surface area contributed by atoms with Gasteiger partial charge in [-0.1, -0.05) is 36.4 Å². The van der Waals surface area contributed by atoms with Crippen LogP contribution in [0.4, 0.5) is 13.2 Å². The fourth-order valence-corrected chi connectivity index (χ4v) is 2.76. The van der Waals surface area contributed by atoms with Gasteiger partial charge in [0.1, 0.15) is 11.5 Å². The lowest BCUT2D eigenvalue weighted by atomic mass is 10.1. The maximum absolute atomic E-state index is 12.3. The summed E-state index contributed by atoms with van der Waals surface area (Å²) in [7, 11) is 1.49. The van der Waals surface area contributed by atoms with E-state index in [2.05, 4.69) is 15.4 Å². The summed E-state index contributed by atoms with van der Waals surface area (Å²) in [5, 5.41) is 6.60. The normalized spacial score (nSPS) is 16.8. The minimum atomic E-state index is -4.69. The van der Waals surface area contributed by atoms with Gasteiger partial charge in [-0.05, 0) is 37.6 Å². The van der Waals surface area contributed by atoms with E-state index >= 15 is 0 Å². The second-order valence-corrected chi connectivity index (χ2v) is 6.10. The number of hydrogen-bond acceptors (Lipinski definition) is 4. The number of nitrogens with one attached hydrogen (secondary N) is 2. The van der Waals surface area contributed by atoms with E-state index in [4.69, 9.17) is 4.74 Å². The Hall–Kier alpha value is -2.25. The molecule has 1 aliphatic heterocycles. The van der Waals surface area contributed by atoms with Crippen LogP contribution in [0.15, 0.2) is 54.6 Å². The van der Waals surface area contributed by atoms with Crippen molar-refractivity contribution in [2.75, 3.05) is 20.2 Å². The van der Waals surface area contributed by atoms with Crippen LogP contribution in [0.2, 0.25) is 0 Å². The van der Waals surface area contributed by atoms with Gasteiger partial charge in [0, 0.05) is 24.7 Å². The Labute approximate surface area is 157 Å². The largest absolute Gasteiger partial charge is 0.573 e. The monoisotopic (exact) mass is 382 g/mol.